The lowest BCUT2D eigenvalue weighted by Crippen LogP contribution is -2.20. The summed E-state index contributed by atoms with van der Waals surface area (Å²) in [6.45, 7) is 0. The van der Waals surface area contributed by atoms with Crippen LogP contribution in [0.4, 0.5) is 0 Å². The lowest BCUT2D eigenvalue weighted by molar-refractivity contribution is 0.0147. The van der Waals surface area contributed by atoms with Gasteiger partial charge in [-0.05, 0) is 24.3 Å². The number of hydrogen-bond acceptors (Lipinski definition) is 4. The normalized spacial score (nSPS) is 15.1. The van der Waals surface area contributed by atoms with Gasteiger partial charge in [-0.3, -0.25) is 4.98 Å². The highest BCUT2D eigenvalue weighted by Gasteiger charge is 2.20. The molecule has 2 unspecified atom stereocenters. The summed E-state index contributed by atoms with van der Waals surface area (Å²) in [4.78, 5) is 3.91. The fourth-order valence-electron chi connectivity index (χ4n) is 1.09. The molecular weight excluding hydrogens is 222 g/mol. The minimum absolute atomic E-state index is 0.309. The van der Waals surface area contributed by atoms with Crippen LogP contribution in [0.5, 0.6) is 0 Å². The van der Waals surface area contributed by atoms with Crippen LogP contribution in [0.2, 0.25) is 5.02 Å². The zero-order chi connectivity index (χ0) is 10.6. The Morgan fingerprint density at radius 3 is 2.79 bits per heavy atom. The molecule has 0 aliphatic rings. The second-order valence-corrected chi connectivity index (χ2v) is 3.75. The van der Waals surface area contributed by atoms with Crippen LogP contribution >= 0.6 is 24.2 Å². The Hall–Kier alpha value is -0.290. The molecule has 1 aromatic rings. The van der Waals surface area contributed by atoms with Crippen LogP contribution in [-0.2, 0) is 0 Å². The SMILES string of the molecule is OC(CCS)C(O)c1ncccc1Cl. The summed E-state index contributed by atoms with van der Waals surface area (Å²) < 4.78 is 0. The molecule has 1 aromatic heterocycles. The van der Waals surface area contributed by atoms with Crippen LogP contribution in [0.1, 0.15) is 18.2 Å². The van der Waals surface area contributed by atoms with Gasteiger partial charge in [-0.1, -0.05) is 11.6 Å². The van der Waals surface area contributed by atoms with E-state index in [-0.39, 0.29) is 0 Å². The van der Waals surface area contributed by atoms with Crippen LogP contribution in [0.25, 0.3) is 0 Å². The summed E-state index contributed by atoms with van der Waals surface area (Å²) in [5.74, 6) is 0.503. The van der Waals surface area contributed by atoms with E-state index in [1.54, 1.807) is 12.1 Å². The molecule has 2 N–H and O–H groups in total. The fraction of sp³-hybridized carbons (Fsp3) is 0.444. The number of aliphatic hydroxyl groups is 2. The predicted molar refractivity (Wildman–Crippen MR) is 58.7 cm³/mol. The van der Waals surface area contributed by atoms with Crippen molar-refractivity contribution in [2.75, 3.05) is 5.75 Å². The van der Waals surface area contributed by atoms with E-state index in [0.717, 1.165) is 0 Å². The van der Waals surface area contributed by atoms with E-state index in [9.17, 15) is 10.2 Å². The lowest BCUT2D eigenvalue weighted by atomic mass is 10.1. The molecular formula is C9H12ClNO2S. The van der Waals surface area contributed by atoms with E-state index in [1.165, 1.54) is 6.20 Å². The highest BCUT2D eigenvalue weighted by molar-refractivity contribution is 7.80. The summed E-state index contributed by atoms with van der Waals surface area (Å²) in [6.07, 6.45) is 0.00502. The summed E-state index contributed by atoms with van der Waals surface area (Å²) in [5, 5.41) is 19.5. The maximum absolute atomic E-state index is 9.67. The Labute approximate surface area is 93.2 Å². The Kier molecular flexibility index (Phi) is 4.68. The largest absolute Gasteiger partial charge is 0.390 e. The van der Waals surface area contributed by atoms with E-state index in [0.29, 0.717) is 22.9 Å². The first-order chi connectivity index (χ1) is 6.66. The Morgan fingerprint density at radius 2 is 2.21 bits per heavy atom. The molecule has 0 bridgehead atoms. The molecule has 0 aliphatic carbocycles. The first-order valence-electron chi connectivity index (χ1n) is 4.24. The number of rotatable bonds is 4. The molecule has 2 atom stereocenters. The predicted octanol–water partition coefficient (Wildman–Crippen LogP) is 1.45. The number of aromatic nitrogens is 1. The van der Waals surface area contributed by atoms with Crippen molar-refractivity contribution in [3.8, 4) is 0 Å². The first-order valence-corrected chi connectivity index (χ1v) is 5.25. The number of aliphatic hydroxyl groups excluding tert-OH is 2. The van der Waals surface area contributed by atoms with Gasteiger partial charge in [-0.2, -0.15) is 12.6 Å². The molecule has 0 saturated heterocycles. The number of thiol groups is 1. The van der Waals surface area contributed by atoms with Gasteiger partial charge in [0, 0.05) is 6.20 Å². The third-order valence-corrected chi connectivity index (χ3v) is 2.43. The van der Waals surface area contributed by atoms with Gasteiger partial charge in [0.1, 0.15) is 6.10 Å². The molecule has 78 valence electrons. The average Bonchev–Trinajstić information content (AvgIpc) is 2.18. The fourth-order valence-corrected chi connectivity index (χ4v) is 1.59. The average molecular weight is 234 g/mol. The van der Waals surface area contributed by atoms with Gasteiger partial charge in [-0.15, -0.1) is 0 Å². The first kappa shape index (κ1) is 11.8. The molecule has 0 fully saturated rings. The molecule has 14 heavy (non-hydrogen) atoms. The van der Waals surface area contributed by atoms with Crippen molar-refractivity contribution in [3.63, 3.8) is 0 Å². The molecule has 0 aromatic carbocycles. The van der Waals surface area contributed by atoms with Gasteiger partial charge in [0.25, 0.3) is 0 Å². The van der Waals surface area contributed by atoms with E-state index in [4.69, 9.17) is 11.6 Å². The molecule has 0 saturated carbocycles. The van der Waals surface area contributed by atoms with Crippen LogP contribution in [-0.4, -0.2) is 27.1 Å². The van der Waals surface area contributed by atoms with Gasteiger partial charge >= 0.3 is 0 Å². The number of hydrogen-bond donors (Lipinski definition) is 3. The molecule has 1 heterocycles. The van der Waals surface area contributed by atoms with Crippen LogP contribution in [0, 0.1) is 0 Å². The molecule has 0 spiro atoms. The number of pyridine rings is 1. The monoisotopic (exact) mass is 233 g/mol. The Morgan fingerprint density at radius 1 is 1.50 bits per heavy atom. The Bertz CT molecular complexity index is 298. The molecule has 5 heteroatoms. The molecule has 0 aliphatic heterocycles. The molecule has 0 amide bonds. The van der Waals surface area contributed by atoms with Crippen molar-refractivity contribution in [1.82, 2.24) is 4.98 Å². The summed E-state index contributed by atoms with van der Waals surface area (Å²) in [6, 6.07) is 3.30. The number of halogens is 1. The summed E-state index contributed by atoms with van der Waals surface area (Å²) in [7, 11) is 0. The third kappa shape index (κ3) is 2.85. The van der Waals surface area contributed by atoms with Crippen molar-refractivity contribution in [2.24, 2.45) is 0 Å². The van der Waals surface area contributed by atoms with Gasteiger partial charge in [0.05, 0.1) is 16.8 Å². The molecule has 1 rings (SSSR count). The van der Waals surface area contributed by atoms with Crippen molar-refractivity contribution in [3.05, 3.63) is 29.0 Å². The van der Waals surface area contributed by atoms with Crippen LogP contribution < -0.4 is 0 Å². The molecule has 3 nitrogen and oxygen atoms in total. The maximum atomic E-state index is 9.67. The highest BCUT2D eigenvalue weighted by Crippen LogP contribution is 2.23. The highest BCUT2D eigenvalue weighted by atomic mass is 35.5. The van der Waals surface area contributed by atoms with Crippen molar-refractivity contribution >= 4 is 24.2 Å². The quantitative estimate of drug-likeness (QED) is 0.690. The topological polar surface area (TPSA) is 53.4 Å². The molecule has 0 radical (unpaired) electrons. The zero-order valence-electron chi connectivity index (χ0n) is 7.47. The van der Waals surface area contributed by atoms with E-state index in [2.05, 4.69) is 17.6 Å². The minimum Gasteiger partial charge on any atom is -0.390 e. The van der Waals surface area contributed by atoms with E-state index >= 15 is 0 Å². The summed E-state index contributed by atoms with van der Waals surface area (Å²) >= 11 is 9.78. The Balaban J connectivity index is 2.78. The van der Waals surface area contributed by atoms with Gasteiger partial charge in [0.15, 0.2) is 0 Å². The second kappa shape index (κ2) is 5.56. The standard InChI is InChI=1S/C9H12ClNO2S/c10-6-2-1-4-11-8(6)9(13)7(12)3-5-14/h1-2,4,7,9,12-14H,3,5H2. The van der Waals surface area contributed by atoms with Crippen molar-refractivity contribution < 1.29 is 10.2 Å². The maximum Gasteiger partial charge on any atom is 0.123 e. The number of nitrogens with zero attached hydrogens (tertiary/aromatic N) is 1. The summed E-state index contributed by atoms with van der Waals surface area (Å²) in [5.41, 5.74) is 0.309. The minimum atomic E-state index is -1.05. The van der Waals surface area contributed by atoms with E-state index in [1.807, 2.05) is 0 Å². The smallest absolute Gasteiger partial charge is 0.123 e. The lowest BCUT2D eigenvalue weighted by Gasteiger charge is -2.17. The third-order valence-electron chi connectivity index (χ3n) is 1.86. The van der Waals surface area contributed by atoms with Crippen LogP contribution in [0.15, 0.2) is 18.3 Å². The zero-order valence-corrected chi connectivity index (χ0v) is 9.12. The van der Waals surface area contributed by atoms with Gasteiger partial charge < -0.3 is 10.2 Å². The van der Waals surface area contributed by atoms with Gasteiger partial charge in [0.2, 0.25) is 0 Å². The van der Waals surface area contributed by atoms with Crippen molar-refractivity contribution in [2.45, 2.75) is 18.6 Å². The van der Waals surface area contributed by atoms with Crippen LogP contribution in [0.3, 0.4) is 0 Å². The van der Waals surface area contributed by atoms with E-state index < -0.39 is 12.2 Å². The van der Waals surface area contributed by atoms with Crippen molar-refractivity contribution in [1.29, 1.82) is 0 Å². The second-order valence-electron chi connectivity index (χ2n) is 2.89. The van der Waals surface area contributed by atoms with Gasteiger partial charge in [-0.25, -0.2) is 0 Å².